The van der Waals surface area contributed by atoms with Gasteiger partial charge >= 0.3 is 12.0 Å². The molecule has 1 aromatic carbocycles. The zero-order chi connectivity index (χ0) is 32.0. The Morgan fingerprint density at radius 2 is 1.98 bits per heavy atom. The number of hydrogen-bond donors (Lipinski definition) is 1. The molecule has 2 amide bonds. The number of nitrogens with zero attached hydrogens (tertiary/aromatic N) is 6. The number of Topliss-reactive ketones (excluding diaryl/α,β-unsaturated/α-hetero) is 1. The van der Waals surface area contributed by atoms with Crippen LogP contribution >= 0.6 is 22.9 Å². The van der Waals surface area contributed by atoms with Gasteiger partial charge in [-0.15, -0.1) is 11.3 Å². The molecule has 11 nitrogen and oxygen atoms in total. The highest BCUT2D eigenvalue weighted by Crippen LogP contribution is 2.37. The Bertz CT molecular complexity index is 1550. The predicted molar refractivity (Wildman–Crippen MR) is 169 cm³/mol. The van der Waals surface area contributed by atoms with Gasteiger partial charge in [-0.25, -0.2) is 19.0 Å². The fourth-order valence-electron chi connectivity index (χ4n) is 6.97. The maximum atomic E-state index is 14.0. The van der Waals surface area contributed by atoms with E-state index in [1.807, 2.05) is 15.2 Å². The molecule has 1 N–H and O–H groups in total. The van der Waals surface area contributed by atoms with Crippen molar-refractivity contribution in [3.05, 3.63) is 62.5 Å². The first-order chi connectivity index (χ1) is 21.5. The van der Waals surface area contributed by atoms with Crippen LogP contribution in [0.25, 0.3) is 0 Å². The highest BCUT2D eigenvalue weighted by molar-refractivity contribution is 7.11. The van der Waals surface area contributed by atoms with Gasteiger partial charge in [-0.05, 0) is 39.3 Å². The van der Waals surface area contributed by atoms with Crippen molar-refractivity contribution in [3.8, 4) is 0 Å². The Morgan fingerprint density at radius 3 is 2.62 bits per heavy atom. The molecule has 0 radical (unpaired) electrons. The number of carbonyl (C=O) groups is 3. The topological polar surface area (TPSA) is 111 Å². The third-order valence-corrected chi connectivity index (χ3v) is 10.3. The number of esters is 1. The summed E-state index contributed by atoms with van der Waals surface area (Å²) in [5, 5.41) is 5.97. The lowest BCUT2D eigenvalue weighted by molar-refractivity contribution is -0.136. The summed E-state index contributed by atoms with van der Waals surface area (Å²) in [6.45, 7) is 9.16. The van der Waals surface area contributed by atoms with Crippen LogP contribution in [0.4, 0.5) is 9.18 Å². The molecular formula is C31H37ClFN7O4S. The zero-order valence-corrected chi connectivity index (χ0v) is 27.3. The van der Waals surface area contributed by atoms with Crippen molar-refractivity contribution < 1.29 is 23.5 Å². The lowest BCUT2D eigenvalue weighted by Gasteiger charge is -2.38. The van der Waals surface area contributed by atoms with Crippen LogP contribution in [-0.2, 0) is 14.3 Å². The predicted octanol–water partition coefficient (Wildman–Crippen LogP) is 3.32. The minimum Gasteiger partial charge on any atom is -0.466 e. The van der Waals surface area contributed by atoms with Crippen LogP contribution in [0.5, 0.6) is 0 Å². The number of piperazine rings is 1. The van der Waals surface area contributed by atoms with E-state index in [1.165, 1.54) is 36.6 Å². The van der Waals surface area contributed by atoms with E-state index in [4.69, 9.17) is 21.3 Å². The van der Waals surface area contributed by atoms with Crippen molar-refractivity contribution in [2.45, 2.75) is 57.4 Å². The van der Waals surface area contributed by atoms with Gasteiger partial charge in [0.25, 0.3) is 0 Å². The average Bonchev–Trinajstić information content (AvgIpc) is 3.76. The first kappa shape index (κ1) is 31.6. The molecule has 6 rings (SSSR count). The summed E-state index contributed by atoms with van der Waals surface area (Å²) < 4.78 is 19.2. The number of rotatable bonds is 8. The molecule has 3 saturated heterocycles. The van der Waals surface area contributed by atoms with E-state index < -0.39 is 17.8 Å². The number of urea groups is 1. The van der Waals surface area contributed by atoms with Crippen molar-refractivity contribution in [1.82, 2.24) is 29.9 Å². The van der Waals surface area contributed by atoms with Gasteiger partial charge in [-0.2, -0.15) is 0 Å². The number of hydrogen-bond acceptors (Lipinski definition) is 10. The average molecular weight is 658 g/mol. The zero-order valence-electron chi connectivity index (χ0n) is 25.7. The number of ether oxygens (including phenoxy) is 1. The Morgan fingerprint density at radius 1 is 1.18 bits per heavy atom. The summed E-state index contributed by atoms with van der Waals surface area (Å²) >= 11 is 7.89. The van der Waals surface area contributed by atoms with Gasteiger partial charge in [0.2, 0.25) is 0 Å². The van der Waals surface area contributed by atoms with Crippen molar-refractivity contribution >= 4 is 46.6 Å². The number of amides is 2. The second-order valence-corrected chi connectivity index (χ2v) is 13.5. The summed E-state index contributed by atoms with van der Waals surface area (Å²) in [6.07, 6.45) is 2.32. The third kappa shape index (κ3) is 6.10. The third-order valence-electron chi connectivity index (χ3n) is 9.16. The number of methoxy groups -OCH3 is 1. The number of thiazole rings is 1. The number of halogens is 2. The molecule has 0 saturated carbocycles. The Labute approximate surface area is 270 Å². The van der Waals surface area contributed by atoms with Crippen molar-refractivity contribution in [3.63, 3.8) is 0 Å². The van der Waals surface area contributed by atoms with E-state index in [1.54, 1.807) is 13.1 Å². The molecule has 4 aliphatic heterocycles. The molecule has 0 aliphatic carbocycles. The molecular weight excluding hydrogens is 621 g/mol. The van der Waals surface area contributed by atoms with E-state index in [2.05, 4.69) is 33.9 Å². The van der Waals surface area contributed by atoms with Gasteiger partial charge in [-0.1, -0.05) is 17.7 Å². The summed E-state index contributed by atoms with van der Waals surface area (Å²) in [6, 6.07) is 3.21. The van der Waals surface area contributed by atoms with Gasteiger partial charge < -0.3 is 19.9 Å². The summed E-state index contributed by atoms with van der Waals surface area (Å²) in [5.41, 5.74) is 1.35. The molecule has 45 heavy (non-hydrogen) atoms. The van der Waals surface area contributed by atoms with E-state index >= 15 is 0 Å². The molecule has 5 heterocycles. The summed E-state index contributed by atoms with van der Waals surface area (Å²) in [7, 11) is 1.31. The maximum absolute atomic E-state index is 14.0. The molecule has 14 heteroatoms. The van der Waals surface area contributed by atoms with Gasteiger partial charge in [-0.3, -0.25) is 19.6 Å². The van der Waals surface area contributed by atoms with Gasteiger partial charge in [0, 0.05) is 79.2 Å². The minimum absolute atomic E-state index is 0.0141. The Balaban J connectivity index is 1.25. The number of aromatic nitrogens is 1. The van der Waals surface area contributed by atoms with Crippen LogP contribution in [0.15, 0.2) is 46.0 Å². The van der Waals surface area contributed by atoms with Crippen LogP contribution in [0.2, 0.25) is 5.02 Å². The molecule has 2 aromatic rings. The molecule has 0 spiro atoms. The number of carbonyl (C=O) groups excluding carboxylic acids is 3. The normalized spacial score (nSPS) is 25.9. The van der Waals surface area contributed by atoms with Crippen LogP contribution in [0.1, 0.15) is 43.8 Å². The lowest BCUT2D eigenvalue weighted by atomic mass is 9.95. The molecule has 0 bridgehead atoms. The number of amidine groups is 1. The fraction of sp³-hybridized carbons (Fsp3) is 0.516. The van der Waals surface area contributed by atoms with Gasteiger partial charge in [0.1, 0.15) is 17.6 Å². The molecule has 4 atom stereocenters. The first-order valence-corrected chi connectivity index (χ1v) is 16.4. The summed E-state index contributed by atoms with van der Waals surface area (Å²) in [5.74, 6) is -0.441. The van der Waals surface area contributed by atoms with Crippen LogP contribution in [-0.4, -0.2) is 119 Å². The fourth-order valence-corrected chi connectivity index (χ4v) is 7.83. The standard InChI is InChI=1S/C31H37ClFN7O4S/c1-17(2)39-14-20(12-25(39)18(3)41)40-15-21-13-37(8-9-38(21)31(40)43)16-24-26(30(42)44-4)27(22-6-5-19(33)11-23(22)32)36-28(35-24)29-34-7-10-45-29/h5-7,10-11,17,20-21,25,27H,8-9,12-16H2,1-4H3,(H,35,36)/t20-,21+,25-,27+/m1/s1. The Kier molecular flexibility index (Phi) is 8.97. The van der Waals surface area contributed by atoms with Gasteiger partial charge in [0.05, 0.1) is 24.8 Å². The molecule has 240 valence electrons. The van der Waals surface area contributed by atoms with Crippen LogP contribution < -0.4 is 5.32 Å². The molecule has 0 unspecified atom stereocenters. The Hall–Kier alpha value is -3.39. The number of fused-ring (bicyclic) bond motifs is 1. The monoisotopic (exact) mass is 657 g/mol. The smallest absolute Gasteiger partial charge is 0.338 e. The quantitative estimate of drug-likeness (QED) is 0.431. The molecule has 4 aliphatic rings. The van der Waals surface area contributed by atoms with E-state index in [0.717, 1.165) is 0 Å². The lowest BCUT2D eigenvalue weighted by Crippen LogP contribution is -2.53. The number of aliphatic imine (C=N–C) groups is 1. The largest absolute Gasteiger partial charge is 0.466 e. The van der Waals surface area contributed by atoms with E-state index in [-0.39, 0.29) is 46.6 Å². The number of benzene rings is 1. The SMILES string of the molecule is COC(=O)C1=C(CN2CCN3C(=O)N([C@@H]4C[C@H](C(C)=O)N(C(C)C)C4)C[C@@H]3C2)NC(c2nccs2)=N[C@H]1c1ccc(F)cc1Cl. The number of nitrogens with one attached hydrogen (secondary N) is 1. The van der Waals surface area contributed by atoms with Crippen molar-refractivity contribution in [2.75, 3.05) is 46.4 Å². The maximum Gasteiger partial charge on any atom is 0.338 e. The number of ketones is 1. The first-order valence-electron chi connectivity index (χ1n) is 15.1. The number of likely N-dealkylation sites (tertiary alicyclic amines) is 1. The highest BCUT2D eigenvalue weighted by Gasteiger charge is 2.48. The highest BCUT2D eigenvalue weighted by atomic mass is 35.5. The van der Waals surface area contributed by atoms with Gasteiger partial charge in [0.15, 0.2) is 10.8 Å². The van der Waals surface area contributed by atoms with Crippen LogP contribution in [0, 0.1) is 5.82 Å². The van der Waals surface area contributed by atoms with E-state index in [9.17, 15) is 18.8 Å². The van der Waals surface area contributed by atoms with Crippen molar-refractivity contribution in [2.24, 2.45) is 4.99 Å². The molecule has 1 aromatic heterocycles. The molecule has 3 fully saturated rings. The summed E-state index contributed by atoms with van der Waals surface area (Å²) in [4.78, 5) is 56.8. The second-order valence-electron chi connectivity index (χ2n) is 12.2. The minimum atomic E-state index is -0.842. The second kappa shape index (κ2) is 12.8. The van der Waals surface area contributed by atoms with E-state index in [0.29, 0.717) is 67.8 Å². The van der Waals surface area contributed by atoms with Crippen LogP contribution in [0.3, 0.4) is 0 Å². The van der Waals surface area contributed by atoms with Crippen molar-refractivity contribution in [1.29, 1.82) is 0 Å².